The molecule has 0 amide bonds. The summed E-state index contributed by atoms with van der Waals surface area (Å²) < 4.78 is 18.3. The van der Waals surface area contributed by atoms with Crippen LogP contribution in [0.3, 0.4) is 0 Å². The van der Waals surface area contributed by atoms with E-state index < -0.39 is 0 Å². The van der Waals surface area contributed by atoms with E-state index in [0.29, 0.717) is 11.6 Å². The summed E-state index contributed by atoms with van der Waals surface area (Å²) in [6, 6.07) is 44.5. The topological polar surface area (TPSA) is 58.0 Å². The summed E-state index contributed by atoms with van der Waals surface area (Å²) in [5.74, 6) is 1.17. The summed E-state index contributed by atoms with van der Waals surface area (Å²) in [6.07, 6.45) is 1.89. The second-order valence-corrected chi connectivity index (χ2v) is 16.4. The van der Waals surface area contributed by atoms with Gasteiger partial charge in [0.25, 0.3) is 0 Å². The predicted octanol–water partition coefficient (Wildman–Crippen LogP) is 12.9. The fraction of sp³-hybridized carbons (Fsp3) is 0.167. The van der Waals surface area contributed by atoms with E-state index in [-0.39, 0.29) is 10.8 Å². The number of furan rings is 1. The Morgan fingerprint density at radius 3 is 2.13 bits per heavy atom. The van der Waals surface area contributed by atoms with E-state index in [9.17, 15) is 0 Å². The van der Waals surface area contributed by atoms with Crippen molar-refractivity contribution in [1.82, 2.24) is 19.1 Å². The van der Waals surface area contributed by atoms with Crippen LogP contribution in [0.15, 0.2) is 138 Å². The Bertz CT molecular complexity index is 3040. The lowest BCUT2D eigenvalue weighted by Crippen LogP contribution is -2.11. The van der Waals surface area contributed by atoms with Gasteiger partial charge in [-0.05, 0) is 88.7 Å². The van der Waals surface area contributed by atoms with Gasteiger partial charge >= 0.3 is 0 Å². The van der Waals surface area contributed by atoms with Gasteiger partial charge < -0.3 is 13.7 Å². The summed E-state index contributed by atoms with van der Waals surface area (Å²) >= 11 is 0. The zero-order valence-electron chi connectivity index (χ0n) is 31.3. The number of fused-ring (bicyclic) bond motifs is 3. The molecule has 0 aliphatic heterocycles. The monoisotopic (exact) mass is 704 g/mol. The van der Waals surface area contributed by atoms with Crippen LogP contribution in [0.25, 0.3) is 77.5 Å². The first-order valence-corrected chi connectivity index (χ1v) is 18.6. The highest BCUT2D eigenvalue weighted by Crippen LogP contribution is 2.49. The van der Waals surface area contributed by atoms with Gasteiger partial charge in [0.1, 0.15) is 22.3 Å². The Labute approximate surface area is 313 Å². The van der Waals surface area contributed by atoms with Crippen LogP contribution in [0.2, 0.25) is 0 Å². The molecule has 5 aromatic carbocycles. The second-order valence-electron chi connectivity index (χ2n) is 16.4. The van der Waals surface area contributed by atoms with Crippen molar-refractivity contribution in [1.29, 1.82) is 0 Å². The first-order valence-electron chi connectivity index (χ1n) is 18.6. The Morgan fingerprint density at radius 1 is 0.593 bits per heavy atom. The highest BCUT2D eigenvalue weighted by molar-refractivity contribution is 6.26. The molecule has 0 spiro atoms. The standard InChI is InChI=1S/C48H40N4O2/c1-47(2,3)29-14-12-17-32(26-29)52-37-19-11-10-18-33(37)34-22-23-41(50-46(34)52)53-40-28-35(36-27-30(24-25-49-36)48(4,5)6)45-43-42-38(20-13-21-39(42)54-45)51(44(40)43)31-15-8-7-9-16-31/h7-28H,1-6H3. The zero-order valence-corrected chi connectivity index (χ0v) is 31.3. The SMILES string of the molecule is CC(C)(C)c1cccc(-n2c3ccccc3c3ccc(Oc4cc(-c5cc(C(C)(C)C)ccn5)c5oc6cccc7c6c5c4n7-c4ccccc4)nc32)c1. The van der Waals surface area contributed by atoms with Gasteiger partial charge in [-0.25, -0.2) is 0 Å². The van der Waals surface area contributed by atoms with E-state index in [4.69, 9.17) is 19.1 Å². The third-order valence-electron chi connectivity index (χ3n) is 10.7. The van der Waals surface area contributed by atoms with Gasteiger partial charge in [-0.2, -0.15) is 4.98 Å². The molecule has 0 bridgehead atoms. The van der Waals surface area contributed by atoms with Crippen molar-refractivity contribution in [2.75, 3.05) is 0 Å². The smallest absolute Gasteiger partial charge is 0.221 e. The van der Waals surface area contributed by atoms with Crippen LogP contribution in [-0.4, -0.2) is 19.1 Å². The Morgan fingerprint density at radius 2 is 1.31 bits per heavy atom. The molecule has 5 aromatic heterocycles. The molecule has 0 radical (unpaired) electrons. The molecule has 0 unspecified atom stereocenters. The first-order chi connectivity index (χ1) is 26.0. The van der Waals surface area contributed by atoms with E-state index >= 15 is 0 Å². The third-order valence-corrected chi connectivity index (χ3v) is 10.7. The molecule has 0 N–H and O–H groups in total. The summed E-state index contributed by atoms with van der Waals surface area (Å²) in [6.45, 7) is 13.4. The van der Waals surface area contributed by atoms with Gasteiger partial charge in [0.05, 0.1) is 27.5 Å². The predicted molar refractivity (Wildman–Crippen MR) is 221 cm³/mol. The largest absolute Gasteiger partial charge is 0.455 e. The van der Waals surface area contributed by atoms with Crippen molar-refractivity contribution in [2.24, 2.45) is 0 Å². The zero-order chi connectivity index (χ0) is 36.9. The number of pyridine rings is 2. The third kappa shape index (κ3) is 4.93. The Kier molecular flexibility index (Phi) is 6.90. The summed E-state index contributed by atoms with van der Waals surface area (Å²) in [5.41, 5.74) is 11.7. The molecule has 6 heteroatoms. The van der Waals surface area contributed by atoms with Gasteiger partial charge in [0.2, 0.25) is 5.88 Å². The molecule has 0 fully saturated rings. The molecular weight excluding hydrogens is 665 g/mol. The lowest BCUT2D eigenvalue weighted by Gasteiger charge is -2.20. The van der Waals surface area contributed by atoms with E-state index in [1.54, 1.807) is 0 Å². The fourth-order valence-electron chi connectivity index (χ4n) is 7.99. The van der Waals surface area contributed by atoms with Crippen molar-refractivity contribution in [3.05, 3.63) is 145 Å². The normalized spacial score (nSPS) is 12.6. The molecule has 0 aliphatic rings. The number of benzene rings is 5. The summed E-state index contributed by atoms with van der Waals surface area (Å²) in [5, 5.41) is 4.28. The molecule has 0 saturated carbocycles. The number of para-hydroxylation sites is 2. The number of rotatable bonds is 5. The molecule has 5 heterocycles. The van der Waals surface area contributed by atoms with E-state index in [1.807, 2.05) is 24.4 Å². The van der Waals surface area contributed by atoms with Crippen LogP contribution in [0, 0.1) is 0 Å². The number of hydrogen-bond donors (Lipinski definition) is 0. The minimum absolute atomic E-state index is 0.00252. The molecule has 0 saturated heterocycles. The minimum Gasteiger partial charge on any atom is -0.455 e. The maximum Gasteiger partial charge on any atom is 0.221 e. The molecule has 6 nitrogen and oxygen atoms in total. The van der Waals surface area contributed by atoms with Crippen LogP contribution < -0.4 is 4.74 Å². The molecule has 0 aliphatic carbocycles. The second kappa shape index (κ2) is 11.5. The lowest BCUT2D eigenvalue weighted by molar-refractivity contribution is 0.468. The van der Waals surface area contributed by atoms with Crippen molar-refractivity contribution >= 4 is 54.9 Å². The van der Waals surface area contributed by atoms with Gasteiger partial charge in [-0.3, -0.25) is 9.55 Å². The maximum atomic E-state index is 7.07. The molecule has 10 rings (SSSR count). The maximum absolute atomic E-state index is 7.07. The van der Waals surface area contributed by atoms with Crippen molar-refractivity contribution in [3.63, 3.8) is 0 Å². The van der Waals surface area contributed by atoms with Crippen LogP contribution in [0.4, 0.5) is 0 Å². The summed E-state index contributed by atoms with van der Waals surface area (Å²) in [4.78, 5) is 10.2. The fourth-order valence-corrected chi connectivity index (χ4v) is 7.99. The van der Waals surface area contributed by atoms with Crippen LogP contribution in [-0.2, 0) is 10.8 Å². The first kappa shape index (κ1) is 32.3. The number of aromatic nitrogens is 4. The van der Waals surface area contributed by atoms with Crippen molar-refractivity contribution < 1.29 is 9.15 Å². The average Bonchev–Trinajstić information content (AvgIpc) is 3.84. The highest BCUT2D eigenvalue weighted by atomic mass is 16.5. The van der Waals surface area contributed by atoms with Crippen molar-refractivity contribution in [2.45, 2.75) is 52.4 Å². The minimum atomic E-state index is -0.0562. The quantitative estimate of drug-likeness (QED) is 0.179. The van der Waals surface area contributed by atoms with Crippen molar-refractivity contribution in [3.8, 4) is 34.3 Å². The molecule has 10 aromatic rings. The highest BCUT2D eigenvalue weighted by Gasteiger charge is 2.28. The molecular formula is C48H40N4O2. The van der Waals surface area contributed by atoms with Gasteiger partial charge in [-0.15, -0.1) is 0 Å². The molecule has 54 heavy (non-hydrogen) atoms. The Hall–Kier alpha value is -6.40. The number of ether oxygens (including phenoxy) is 1. The summed E-state index contributed by atoms with van der Waals surface area (Å²) in [7, 11) is 0. The van der Waals surface area contributed by atoms with Gasteiger partial charge in [0, 0.05) is 40.0 Å². The van der Waals surface area contributed by atoms with Gasteiger partial charge in [-0.1, -0.05) is 96.1 Å². The average molecular weight is 705 g/mol. The molecule has 0 atom stereocenters. The lowest BCUT2D eigenvalue weighted by atomic mass is 9.87. The van der Waals surface area contributed by atoms with E-state index in [2.05, 4.69) is 160 Å². The van der Waals surface area contributed by atoms with Crippen LogP contribution >= 0.6 is 0 Å². The number of hydrogen-bond acceptors (Lipinski definition) is 4. The van der Waals surface area contributed by atoms with Gasteiger partial charge in [0.15, 0.2) is 5.75 Å². The Balaban J connectivity index is 1.24. The van der Waals surface area contributed by atoms with E-state index in [0.717, 1.165) is 77.5 Å². The van der Waals surface area contributed by atoms with Crippen LogP contribution in [0.1, 0.15) is 52.7 Å². The molecule has 264 valence electrons. The van der Waals surface area contributed by atoms with E-state index in [1.165, 1.54) is 11.1 Å². The van der Waals surface area contributed by atoms with Crippen LogP contribution in [0.5, 0.6) is 11.6 Å². The number of nitrogens with zero attached hydrogens (tertiary/aromatic N) is 4.